The molecule has 1 heterocycles. The van der Waals surface area contributed by atoms with Crippen LogP contribution in [0, 0.1) is 0 Å². The molecule has 18 heavy (non-hydrogen) atoms. The van der Waals surface area contributed by atoms with E-state index in [4.69, 9.17) is 22.7 Å². The second-order valence-corrected chi connectivity index (χ2v) is 4.25. The van der Waals surface area contributed by atoms with Gasteiger partial charge in [0.2, 0.25) is 5.88 Å². The van der Waals surface area contributed by atoms with E-state index in [1.807, 2.05) is 24.3 Å². The van der Waals surface area contributed by atoms with Crippen molar-refractivity contribution >= 4 is 17.2 Å². The van der Waals surface area contributed by atoms with Crippen molar-refractivity contribution in [1.82, 2.24) is 4.98 Å². The molecule has 0 aliphatic carbocycles. The van der Waals surface area contributed by atoms with E-state index in [0.717, 1.165) is 23.3 Å². The first-order valence-electron chi connectivity index (χ1n) is 5.72. The van der Waals surface area contributed by atoms with Crippen LogP contribution in [0.4, 0.5) is 0 Å². The lowest BCUT2D eigenvalue weighted by Crippen LogP contribution is -2.09. The largest absolute Gasteiger partial charge is 0.439 e. The maximum atomic E-state index is 5.74. The van der Waals surface area contributed by atoms with Gasteiger partial charge in [-0.2, -0.15) is 0 Å². The van der Waals surface area contributed by atoms with Crippen molar-refractivity contribution in [2.75, 3.05) is 0 Å². The number of aryl methyl sites for hydroxylation is 1. The summed E-state index contributed by atoms with van der Waals surface area (Å²) in [6.07, 6.45) is 2.54. The number of ether oxygens (including phenoxy) is 1. The minimum absolute atomic E-state index is 0.336. The van der Waals surface area contributed by atoms with E-state index in [1.165, 1.54) is 0 Å². The number of rotatable bonds is 4. The van der Waals surface area contributed by atoms with Crippen LogP contribution in [0.15, 0.2) is 42.6 Å². The predicted octanol–water partition coefficient (Wildman–Crippen LogP) is 3.07. The molecule has 2 rings (SSSR count). The number of pyridine rings is 1. The topological polar surface area (TPSA) is 48.1 Å². The van der Waals surface area contributed by atoms with E-state index < -0.39 is 0 Å². The summed E-state index contributed by atoms with van der Waals surface area (Å²) in [5.74, 6) is 1.37. The van der Waals surface area contributed by atoms with E-state index in [9.17, 15) is 0 Å². The van der Waals surface area contributed by atoms with Crippen LogP contribution in [0.1, 0.15) is 18.1 Å². The number of hydrogen-bond acceptors (Lipinski definition) is 3. The number of benzene rings is 1. The monoisotopic (exact) mass is 258 g/mol. The van der Waals surface area contributed by atoms with Crippen LogP contribution >= 0.6 is 12.2 Å². The fourth-order valence-electron chi connectivity index (χ4n) is 1.59. The molecule has 3 nitrogen and oxygen atoms in total. The van der Waals surface area contributed by atoms with Gasteiger partial charge in [-0.1, -0.05) is 37.3 Å². The molecule has 2 N–H and O–H groups in total. The lowest BCUT2D eigenvalue weighted by Gasteiger charge is -2.09. The van der Waals surface area contributed by atoms with Gasteiger partial charge in [0.25, 0.3) is 0 Å². The van der Waals surface area contributed by atoms with E-state index in [-0.39, 0.29) is 0 Å². The minimum atomic E-state index is 0.336. The van der Waals surface area contributed by atoms with Gasteiger partial charge in [0.1, 0.15) is 10.7 Å². The molecule has 1 aromatic heterocycles. The number of thiocarbonyl (C=S) groups is 1. The van der Waals surface area contributed by atoms with Crippen LogP contribution in [0.3, 0.4) is 0 Å². The van der Waals surface area contributed by atoms with Gasteiger partial charge < -0.3 is 10.5 Å². The van der Waals surface area contributed by atoms with E-state index in [0.29, 0.717) is 10.9 Å². The fraction of sp³-hybridized carbons (Fsp3) is 0.143. The van der Waals surface area contributed by atoms with Crippen LogP contribution < -0.4 is 10.5 Å². The number of nitrogens with two attached hydrogens (primary N) is 1. The summed E-state index contributed by atoms with van der Waals surface area (Å²) < 4.78 is 5.74. The molecule has 0 aliphatic rings. The first-order valence-corrected chi connectivity index (χ1v) is 6.13. The number of aromatic nitrogens is 1. The van der Waals surface area contributed by atoms with Gasteiger partial charge in [0.15, 0.2) is 0 Å². The van der Waals surface area contributed by atoms with Crippen molar-refractivity contribution < 1.29 is 4.74 Å². The van der Waals surface area contributed by atoms with Gasteiger partial charge in [0.05, 0.1) is 0 Å². The zero-order valence-electron chi connectivity index (χ0n) is 10.1. The second kappa shape index (κ2) is 5.60. The number of para-hydroxylation sites is 1. The second-order valence-electron chi connectivity index (χ2n) is 3.81. The number of nitrogens with zero attached hydrogens (tertiary/aromatic N) is 1. The molecule has 0 spiro atoms. The molecular weight excluding hydrogens is 244 g/mol. The highest BCUT2D eigenvalue weighted by Gasteiger charge is 2.04. The van der Waals surface area contributed by atoms with Gasteiger partial charge in [-0.05, 0) is 24.1 Å². The molecule has 0 saturated heterocycles. The Morgan fingerprint density at radius 1 is 1.28 bits per heavy atom. The Balaban J connectivity index is 2.21. The molecule has 0 aliphatic heterocycles. The van der Waals surface area contributed by atoms with Crippen LogP contribution in [0.25, 0.3) is 0 Å². The zero-order chi connectivity index (χ0) is 13.0. The first kappa shape index (κ1) is 12.5. The van der Waals surface area contributed by atoms with E-state index in [2.05, 4.69) is 11.9 Å². The van der Waals surface area contributed by atoms with Crippen LogP contribution in [0.5, 0.6) is 11.6 Å². The first-order chi connectivity index (χ1) is 8.70. The molecule has 1 aromatic carbocycles. The summed E-state index contributed by atoms with van der Waals surface area (Å²) in [7, 11) is 0. The Bertz CT molecular complexity index is 552. The Kier molecular flexibility index (Phi) is 3.89. The van der Waals surface area contributed by atoms with Gasteiger partial charge >= 0.3 is 0 Å². The molecule has 0 unspecified atom stereocenters. The minimum Gasteiger partial charge on any atom is -0.439 e. The van der Waals surface area contributed by atoms with E-state index in [1.54, 1.807) is 18.3 Å². The standard InChI is InChI=1S/C14H14N2OS/c1-2-10-5-3-4-6-12(10)17-13-8-7-11(9-16-13)14(15)18/h3-9H,2H2,1H3,(H2,15,18). The molecule has 0 atom stereocenters. The molecule has 4 heteroatoms. The Morgan fingerprint density at radius 2 is 2.06 bits per heavy atom. The highest BCUT2D eigenvalue weighted by Crippen LogP contribution is 2.24. The highest BCUT2D eigenvalue weighted by molar-refractivity contribution is 7.80. The maximum absolute atomic E-state index is 5.74. The Hall–Kier alpha value is -1.94. The fourth-order valence-corrected chi connectivity index (χ4v) is 1.72. The van der Waals surface area contributed by atoms with Crippen molar-refractivity contribution in [2.45, 2.75) is 13.3 Å². The normalized spacial score (nSPS) is 10.1. The molecule has 2 aromatic rings. The van der Waals surface area contributed by atoms with Crippen molar-refractivity contribution in [3.8, 4) is 11.6 Å². The molecule has 0 radical (unpaired) electrons. The highest BCUT2D eigenvalue weighted by atomic mass is 32.1. The lowest BCUT2D eigenvalue weighted by molar-refractivity contribution is 0.457. The average Bonchev–Trinajstić information content (AvgIpc) is 2.40. The quantitative estimate of drug-likeness (QED) is 0.856. The summed E-state index contributed by atoms with van der Waals surface area (Å²) in [5.41, 5.74) is 7.40. The maximum Gasteiger partial charge on any atom is 0.219 e. The Labute approximate surface area is 112 Å². The lowest BCUT2D eigenvalue weighted by atomic mass is 10.1. The molecule has 0 amide bonds. The van der Waals surface area contributed by atoms with Crippen LogP contribution in [-0.2, 0) is 6.42 Å². The number of hydrogen-bond donors (Lipinski definition) is 1. The zero-order valence-corrected chi connectivity index (χ0v) is 10.9. The summed E-state index contributed by atoms with van der Waals surface area (Å²) in [6, 6.07) is 11.5. The van der Waals surface area contributed by atoms with Crippen molar-refractivity contribution in [2.24, 2.45) is 5.73 Å². The van der Waals surface area contributed by atoms with Crippen molar-refractivity contribution in [3.63, 3.8) is 0 Å². The summed E-state index contributed by atoms with van der Waals surface area (Å²) in [5, 5.41) is 0. The third-order valence-corrected chi connectivity index (χ3v) is 2.82. The van der Waals surface area contributed by atoms with Crippen LogP contribution in [0.2, 0.25) is 0 Å². The van der Waals surface area contributed by atoms with Gasteiger partial charge in [0, 0.05) is 17.8 Å². The molecular formula is C14H14N2OS. The van der Waals surface area contributed by atoms with Gasteiger partial charge in [-0.25, -0.2) is 4.98 Å². The van der Waals surface area contributed by atoms with Gasteiger partial charge in [-0.3, -0.25) is 0 Å². The third kappa shape index (κ3) is 2.84. The summed E-state index contributed by atoms with van der Waals surface area (Å²) in [6.45, 7) is 2.09. The predicted molar refractivity (Wildman–Crippen MR) is 76.0 cm³/mol. The van der Waals surface area contributed by atoms with Crippen LogP contribution in [-0.4, -0.2) is 9.97 Å². The summed E-state index contributed by atoms with van der Waals surface area (Å²) >= 11 is 4.87. The average molecular weight is 258 g/mol. The van der Waals surface area contributed by atoms with Gasteiger partial charge in [-0.15, -0.1) is 0 Å². The van der Waals surface area contributed by atoms with Crippen molar-refractivity contribution in [3.05, 3.63) is 53.7 Å². The molecule has 92 valence electrons. The molecule has 0 bridgehead atoms. The van der Waals surface area contributed by atoms with E-state index >= 15 is 0 Å². The molecule has 0 fully saturated rings. The molecule has 0 saturated carbocycles. The smallest absolute Gasteiger partial charge is 0.219 e. The van der Waals surface area contributed by atoms with Crippen molar-refractivity contribution in [1.29, 1.82) is 0 Å². The SMILES string of the molecule is CCc1ccccc1Oc1ccc(C(N)=S)cn1. The summed E-state index contributed by atoms with van der Waals surface area (Å²) in [4.78, 5) is 4.52. The Morgan fingerprint density at radius 3 is 2.67 bits per heavy atom. The third-order valence-electron chi connectivity index (χ3n) is 2.59.